The summed E-state index contributed by atoms with van der Waals surface area (Å²) >= 11 is 0. The van der Waals surface area contributed by atoms with Gasteiger partial charge in [0.2, 0.25) is 0 Å². The van der Waals surface area contributed by atoms with Gasteiger partial charge in [-0.2, -0.15) is 0 Å². The van der Waals surface area contributed by atoms with Crippen LogP contribution in [-0.2, 0) is 4.74 Å². The van der Waals surface area contributed by atoms with Crippen molar-refractivity contribution in [2.45, 2.75) is 51.7 Å². The minimum absolute atomic E-state index is 0.450. The van der Waals surface area contributed by atoms with Crippen molar-refractivity contribution >= 4 is 0 Å². The lowest BCUT2D eigenvalue weighted by atomic mass is 10.1. The zero-order valence-corrected chi connectivity index (χ0v) is 8.17. The number of ether oxygens (including phenoxy) is 1. The summed E-state index contributed by atoms with van der Waals surface area (Å²) in [7, 11) is 0. The van der Waals surface area contributed by atoms with Crippen LogP contribution >= 0.6 is 0 Å². The molecule has 1 N–H and O–H groups in total. The highest BCUT2D eigenvalue weighted by molar-refractivity contribution is 4.67. The van der Waals surface area contributed by atoms with E-state index in [0.29, 0.717) is 12.8 Å². The Morgan fingerprint density at radius 3 is 2.31 bits per heavy atom. The number of hydrogen-bond acceptors (Lipinski definition) is 2. The van der Waals surface area contributed by atoms with E-state index >= 15 is 0 Å². The number of aliphatic hydroxyl groups excluding tert-OH is 1. The fourth-order valence-electron chi connectivity index (χ4n) is 1.18. The van der Waals surface area contributed by atoms with E-state index in [2.05, 4.69) is 0 Å². The molecule has 0 rings (SSSR count). The topological polar surface area (TPSA) is 29.5 Å². The maximum atomic E-state index is 11.8. The highest BCUT2D eigenvalue weighted by atomic mass is 19.3. The fraction of sp³-hybridized carbons (Fsp3) is 1.00. The van der Waals surface area contributed by atoms with Gasteiger partial charge in [0.25, 0.3) is 6.43 Å². The minimum Gasteiger partial charge on any atom is -0.390 e. The molecule has 0 aromatic carbocycles. The lowest BCUT2D eigenvalue weighted by molar-refractivity contribution is -0.0776. The zero-order chi connectivity index (χ0) is 10.3. The molecular formula is C9H18F2O2. The molecule has 2 nitrogen and oxygen atoms in total. The number of alkyl halides is 2. The highest BCUT2D eigenvalue weighted by Gasteiger charge is 2.18. The second-order valence-electron chi connectivity index (χ2n) is 3.03. The van der Waals surface area contributed by atoms with Crippen molar-refractivity contribution in [3.8, 4) is 0 Å². The summed E-state index contributed by atoms with van der Waals surface area (Å²) in [6.07, 6.45) is -1.53. The molecule has 0 aromatic heterocycles. The van der Waals surface area contributed by atoms with Gasteiger partial charge in [-0.3, -0.25) is 0 Å². The van der Waals surface area contributed by atoms with E-state index in [1.165, 1.54) is 0 Å². The minimum atomic E-state index is -2.46. The summed E-state index contributed by atoms with van der Waals surface area (Å²) in [6.45, 7) is 3.16. The van der Waals surface area contributed by atoms with Gasteiger partial charge in [0.05, 0.1) is 12.2 Å². The first-order chi connectivity index (χ1) is 6.11. The molecular weight excluding hydrogens is 178 g/mol. The predicted octanol–water partition coefficient (Wildman–Crippen LogP) is 2.21. The smallest absolute Gasteiger partial charge is 0.261 e. The molecule has 13 heavy (non-hydrogen) atoms. The second-order valence-corrected chi connectivity index (χ2v) is 3.03. The lowest BCUT2D eigenvalue weighted by Gasteiger charge is -2.21. The standard InChI is InChI=1S/C9H18F2O2/c1-3-5-7(12)8(4-2)13-6-9(10)11/h7-9,12H,3-6H2,1-2H3. The molecule has 0 aliphatic rings. The molecule has 0 radical (unpaired) electrons. The van der Waals surface area contributed by atoms with Crippen molar-refractivity contribution in [1.82, 2.24) is 0 Å². The van der Waals surface area contributed by atoms with E-state index in [1.807, 2.05) is 13.8 Å². The van der Waals surface area contributed by atoms with Crippen LogP contribution in [0.2, 0.25) is 0 Å². The molecule has 4 heteroatoms. The average molecular weight is 196 g/mol. The van der Waals surface area contributed by atoms with Crippen molar-refractivity contribution in [3.05, 3.63) is 0 Å². The van der Waals surface area contributed by atoms with Gasteiger partial charge in [0.1, 0.15) is 6.61 Å². The summed E-state index contributed by atoms with van der Waals surface area (Å²) in [6, 6.07) is 0. The second kappa shape index (κ2) is 7.21. The Hall–Kier alpha value is -0.220. The van der Waals surface area contributed by atoms with E-state index in [0.717, 1.165) is 6.42 Å². The Bertz CT molecular complexity index is 120. The fourth-order valence-corrected chi connectivity index (χ4v) is 1.18. The Morgan fingerprint density at radius 1 is 1.31 bits per heavy atom. The molecule has 0 aromatic rings. The molecule has 0 spiro atoms. The third-order valence-corrected chi connectivity index (χ3v) is 1.85. The van der Waals surface area contributed by atoms with Gasteiger partial charge in [0, 0.05) is 0 Å². The number of hydrogen-bond donors (Lipinski definition) is 1. The van der Waals surface area contributed by atoms with Crippen LogP contribution in [0.25, 0.3) is 0 Å². The zero-order valence-electron chi connectivity index (χ0n) is 8.17. The molecule has 0 amide bonds. The number of rotatable bonds is 7. The molecule has 2 atom stereocenters. The van der Waals surface area contributed by atoms with Crippen molar-refractivity contribution in [1.29, 1.82) is 0 Å². The Kier molecular flexibility index (Phi) is 7.09. The molecule has 0 aliphatic carbocycles. The molecule has 0 fully saturated rings. The molecule has 2 unspecified atom stereocenters. The van der Waals surface area contributed by atoms with Crippen molar-refractivity contribution in [2.75, 3.05) is 6.61 Å². The van der Waals surface area contributed by atoms with Crippen LogP contribution in [0.5, 0.6) is 0 Å². The van der Waals surface area contributed by atoms with Gasteiger partial charge >= 0.3 is 0 Å². The highest BCUT2D eigenvalue weighted by Crippen LogP contribution is 2.10. The van der Waals surface area contributed by atoms with Gasteiger partial charge in [-0.15, -0.1) is 0 Å². The van der Waals surface area contributed by atoms with E-state index in [4.69, 9.17) is 4.74 Å². The molecule has 80 valence electrons. The monoisotopic (exact) mass is 196 g/mol. The molecule has 0 saturated carbocycles. The summed E-state index contributed by atoms with van der Waals surface area (Å²) in [5.41, 5.74) is 0. The summed E-state index contributed by atoms with van der Waals surface area (Å²) in [4.78, 5) is 0. The van der Waals surface area contributed by atoms with Crippen molar-refractivity contribution in [2.24, 2.45) is 0 Å². The number of aliphatic hydroxyl groups is 1. The summed E-state index contributed by atoms with van der Waals surface area (Å²) < 4.78 is 28.4. The van der Waals surface area contributed by atoms with Crippen molar-refractivity contribution < 1.29 is 18.6 Å². The maximum absolute atomic E-state index is 11.8. The largest absolute Gasteiger partial charge is 0.390 e. The summed E-state index contributed by atoms with van der Waals surface area (Å²) in [5.74, 6) is 0. The first-order valence-corrected chi connectivity index (χ1v) is 4.69. The number of halogens is 2. The van der Waals surface area contributed by atoms with E-state index in [1.54, 1.807) is 0 Å². The van der Waals surface area contributed by atoms with Crippen LogP contribution in [0, 0.1) is 0 Å². The SMILES string of the molecule is CCCC(O)C(CC)OCC(F)F. The van der Waals surface area contributed by atoms with Crippen LogP contribution in [0.1, 0.15) is 33.1 Å². The predicted molar refractivity (Wildman–Crippen MR) is 46.9 cm³/mol. The first-order valence-electron chi connectivity index (χ1n) is 4.69. The molecule has 0 bridgehead atoms. The quantitative estimate of drug-likeness (QED) is 0.676. The Labute approximate surface area is 77.9 Å². The van der Waals surface area contributed by atoms with Crippen LogP contribution in [0.4, 0.5) is 8.78 Å². The lowest BCUT2D eigenvalue weighted by Crippen LogP contribution is -2.29. The maximum Gasteiger partial charge on any atom is 0.261 e. The van der Waals surface area contributed by atoms with Gasteiger partial charge in [0.15, 0.2) is 0 Å². The van der Waals surface area contributed by atoms with Gasteiger partial charge in [-0.05, 0) is 12.8 Å². The van der Waals surface area contributed by atoms with E-state index < -0.39 is 25.2 Å². The third kappa shape index (κ3) is 5.93. The molecule has 0 heterocycles. The third-order valence-electron chi connectivity index (χ3n) is 1.85. The summed E-state index contributed by atoms with van der Waals surface area (Å²) in [5, 5.41) is 9.45. The first kappa shape index (κ1) is 12.8. The average Bonchev–Trinajstić information content (AvgIpc) is 2.05. The normalized spacial score (nSPS) is 16.2. The van der Waals surface area contributed by atoms with E-state index in [9.17, 15) is 13.9 Å². The molecule has 0 aliphatic heterocycles. The van der Waals surface area contributed by atoms with Crippen LogP contribution < -0.4 is 0 Å². The Balaban J connectivity index is 3.73. The van der Waals surface area contributed by atoms with Crippen LogP contribution in [0.15, 0.2) is 0 Å². The van der Waals surface area contributed by atoms with Crippen LogP contribution in [-0.4, -0.2) is 30.3 Å². The van der Waals surface area contributed by atoms with Crippen LogP contribution in [0.3, 0.4) is 0 Å². The van der Waals surface area contributed by atoms with Gasteiger partial charge in [-0.1, -0.05) is 20.3 Å². The van der Waals surface area contributed by atoms with Gasteiger partial charge < -0.3 is 9.84 Å². The van der Waals surface area contributed by atoms with E-state index in [-0.39, 0.29) is 0 Å². The van der Waals surface area contributed by atoms with Crippen molar-refractivity contribution in [3.63, 3.8) is 0 Å². The Morgan fingerprint density at radius 2 is 1.92 bits per heavy atom. The molecule has 0 saturated heterocycles. The van der Waals surface area contributed by atoms with Gasteiger partial charge in [-0.25, -0.2) is 8.78 Å².